The molecule has 0 bridgehead atoms. The quantitative estimate of drug-likeness (QED) is 0.770. The summed E-state index contributed by atoms with van der Waals surface area (Å²) >= 11 is 0. The van der Waals surface area contributed by atoms with Crippen LogP contribution in [-0.2, 0) is 9.84 Å². The molecule has 0 saturated carbocycles. The maximum Gasteiger partial charge on any atom is 0.175 e. The average Bonchev–Trinajstić information content (AvgIpc) is 2.29. The van der Waals surface area contributed by atoms with Crippen molar-refractivity contribution in [2.45, 2.75) is 11.3 Å². The Balaban J connectivity index is 2.35. The van der Waals surface area contributed by atoms with Crippen LogP contribution < -0.4 is 0 Å². The van der Waals surface area contributed by atoms with Crippen molar-refractivity contribution in [3.63, 3.8) is 0 Å². The number of sulfone groups is 1. The number of rotatable bonds is 2. The van der Waals surface area contributed by atoms with Gasteiger partial charge in [-0.25, -0.2) is 8.42 Å². The van der Waals surface area contributed by atoms with Gasteiger partial charge in [-0.15, -0.1) is 0 Å². The smallest absolute Gasteiger partial charge is 0.175 e. The molecule has 5 heteroatoms. The first kappa shape index (κ1) is 12.7. The molecule has 3 nitrogen and oxygen atoms in total. The molecular formula is C12H16NO2PS. The fourth-order valence-electron chi connectivity index (χ4n) is 1.87. The van der Waals surface area contributed by atoms with Crippen LogP contribution in [0.1, 0.15) is 12.0 Å². The molecule has 92 valence electrons. The lowest BCUT2D eigenvalue weighted by Crippen LogP contribution is -2.18. The van der Waals surface area contributed by atoms with Crippen molar-refractivity contribution in [1.82, 2.24) is 4.67 Å². The molecule has 0 amide bonds. The SMILES string of the molecule is CS(=O)(=O)c1cccc(C2=CCN(P)CC2)c1. The third kappa shape index (κ3) is 3.15. The van der Waals surface area contributed by atoms with Gasteiger partial charge in [-0.1, -0.05) is 27.6 Å². The number of hydrogen-bond acceptors (Lipinski definition) is 3. The highest BCUT2D eigenvalue weighted by Gasteiger charge is 2.12. The molecule has 0 aliphatic carbocycles. The third-order valence-corrected chi connectivity index (χ3v) is 4.45. The largest absolute Gasteiger partial charge is 0.283 e. The second-order valence-corrected chi connectivity index (χ2v) is 7.02. The van der Waals surface area contributed by atoms with Crippen molar-refractivity contribution in [2.24, 2.45) is 0 Å². The van der Waals surface area contributed by atoms with E-state index in [1.165, 1.54) is 11.8 Å². The lowest BCUT2D eigenvalue weighted by Gasteiger charge is -2.21. The molecule has 0 spiro atoms. The van der Waals surface area contributed by atoms with E-state index in [4.69, 9.17) is 0 Å². The summed E-state index contributed by atoms with van der Waals surface area (Å²) in [5.74, 6) is 0. The van der Waals surface area contributed by atoms with E-state index in [0.717, 1.165) is 25.1 Å². The molecule has 0 saturated heterocycles. The van der Waals surface area contributed by atoms with Crippen molar-refractivity contribution >= 4 is 24.8 Å². The van der Waals surface area contributed by atoms with E-state index >= 15 is 0 Å². The molecule has 0 radical (unpaired) electrons. The van der Waals surface area contributed by atoms with E-state index in [0.29, 0.717) is 4.90 Å². The van der Waals surface area contributed by atoms with Crippen LogP contribution in [0.4, 0.5) is 0 Å². The molecule has 17 heavy (non-hydrogen) atoms. The molecule has 0 aromatic heterocycles. The van der Waals surface area contributed by atoms with Gasteiger partial charge in [0, 0.05) is 19.3 Å². The summed E-state index contributed by atoms with van der Waals surface area (Å²) in [7, 11) is -0.436. The highest BCUT2D eigenvalue weighted by atomic mass is 32.2. The molecule has 1 aromatic rings. The van der Waals surface area contributed by atoms with Crippen LogP contribution >= 0.6 is 9.39 Å². The zero-order valence-electron chi connectivity index (χ0n) is 9.76. The molecule has 0 N–H and O–H groups in total. The minimum absolute atomic E-state index is 0.393. The number of hydrogen-bond donors (Lipinski definition) is 0. The van der Waals surface area contributed by atoms with E-state index in [9.17, 15) is 8.42 Å². The van der Waals surface area contributed by atoms with Crippen molar-refractivity contribution in [2.75, 3.05) is 19.3 Å². The Kier molecular flexibility index (Phi) is 3.67. The first-order chi connectivity index (χ1) is 7.97. The Morgan fingerprint density at radius 2 is 2.12 bits per heavy atom. The van der Waals surface area contributed by atoms with E-state index in [-0.39, 0.29) is 0 Å². The highest BCUT2D eigenvalue weighted by molar-refractivity contribution is 7.90. The van der Waals surface area contributed by atoms with E-state index in [2.05, 4.69) is 20.1 Å². The van der Waals surface area contributed by atoms with Crippen LogP contribution in [0, 0.1) is 0 Å². The van der Waals surface area contributed by atoms with Crippen LogP contribution in [0.15, 0.2) is 35.2 Å². The van der Waals surface area contributed by atoms with Gasteiger partial charge in [0.25, 0.3) is 0 Å². The van der Waals surface area contributed by atoms with Crippen LogP contribution in [0.2, 0.25) is 0 Å². The van der Waals surface area contributed by atoms with E-state index in [1.807, 2.05) is 6.07 Å². The number of benzene rings is 1. The second-order valence-electron chi connectivity index (χ2n) is 4.27. The van der Waals surface area contributed by atoms with Gasteiger partial charge >= 0.3 is 0 Å². The average molecular weight is 269 g/mol. The zero-order chi connectivity index (χ0) is 12.5. The second kappa shape index (κ2) is 4.89. The minimum Gasteiger partial charge on any atom is -0.283 e. The normalized spacial score (nSPS) is 17.9. The van der Waals surface area contributed by atoms with Crippen molar-refractivity contribution in [1.29, 1.82) is 0 Å². The Hall–Kier alpha value is -0.700. The summed E-state index contributed by atoms with van der Waals surface area (Å²) < 4.78 is 25.1. The predicted octanol–water partition coefficient (Wildman–Crippen LogP) is 1.97. The first-order valence-electron chi connectivity index (χ1n) is 5.46. The minimum atomic E-state index is -3.12. The molecule has 1 aromatic carbocycles. The maximum absolute atomic E-state index is 11.5. The van der Waals surface area contributed by atoms with Gasteiger partial charge in [0.1, 0.15) is 0 Å². The molecule has 1 aliphatic rings. The summed E-state index contributed by atoms with van der Waals surface area (Å²) in [6.07, 6.45) is 4.35. The third-order valence-electron chi connectivity index (χ3n) is 2.87. The summed E-state index contributed by atoms with van der Waals surface area (Å²) in [4.78, 5) is 0.393. The molecule has 1 unspecified atom stereocenters. The Morgan fingerprint density at radius 3 is 2.71 bits per heavy atom. The van der Waals surface area contributed by atoms with Crippen LogP contribution in [0.25, 0.3) is 5.57 Å². The van der Waals surface area contributed by atoms with Gasteiger partial charge in [0.2, 0.25) is 0 Å². The fraction of sp³-hybridized carbons (Fsp3) is 0.333. The monoisotopic (exact) mass is 269 g/mol. The lowest BCUT2D eigenvalue weighted by atomic mass is 10.0. The van der Waals surface area contributed by atoms with Crippen molar-refractivity contribution < 1.29 is 8.42 Å². The topological polar surface area (TPSA) is 37.4 Å². The van der Waals surface area contributed by atoms with E-state index < -0.39 is 9.84 Å². The molecule has 1 atom stereocenters. The molecular weight excluding hydrogens is 253 g/mol. The number of nitrogens with zero attached hydrogens (tertiary/aromatic N) is 1. The van der Waals surface area contributed by atoms with Gasteiger partial charge in [0.15, 0.2) is 9.84 Å². The van der Waals surface area contributed by atoms with Gasteiger partial charge in [-0.05, 0) is 29.7 Å². The first-order valence-corrected chi connectivity index (χ1v) is 7.87. The summed E-state index contributed by atoms with van der Waals surface area (Å²) in [5.41, 5.74) is 2.25. The van der Waals surface area contributed by atoms with Crippen LogP contribution in [-0.4, -0.2) is 32.4 Å². The Bertz CT molecular complexity index is 551. The highest BCUT2D eigenvalue weighted by Crippen LogP contribution is 2.25. The summed E-state index contributed by atoms with van der Waals surface area (Å²) in [6.45, 7) is 1.88. The summed E-state index contributed by atoms with van der Waals surface area (Å²) in [5, 5.41) is 0. The predicted molar refractivity (Wildman–Crippen MR) is 73.4 cm³/mol. The Labute approximate surface area is 105 Å². The fourth-order valence-corrected chi connectivity index (χ4v) is 2.77. The van der Waals surface area contributed by atoms with Gasteiger partial charge in [-0.3, -0.25) is 4.67 Å². The lowest BCUT2D eigenvalue weighted by molar-refractivity contribution is 0.515. The van der Waals surface area contributed by atoms with Gasteiger partial charge in [0.05, 0.1) is 4.90 Å². The molecule has 2 rings (SSSR count). The standard InChI is InChI=1S/C12H16NO2PS/c1-17(14,15)12-4-2-3-11(9-12)10-5-7-13(16)8-6-10/h2-5,9H,6-8,16H2,1H3. The van der Waals surface area contributed by atoms with Gasteiger partial charge < -0.3 is 0 Å². The van der Waals surface area contributed by atoms with Crippen molar-refractivity contribution in [3.8, 4) is 0 Å². The van der Waals surface area contributed by atoms with Crippen LogP contribution in [0.5, 0.6) is 0 Å². The van der Waals surface area contributed by atoms with Gasteiger partial charge in [-0.2, -0.15) is 0 Å². The molecule has 0 fully saturated rings. The summed E-state index contributed by atoms with van der Waals surface area (Å²) in [6, 6.07) is 7.18. The zero-order valence-corrected chi connectivity index (χ0v) is 11.7. The van der Waals surface area contributed by atoms with Crippen molar-refractivity contribution in [3.05, 3.63) is 35.9 Å². The van der Waals surface area contributed by atoms with E-state index in [1.54, 1.807) is 18.2 Å². The maximum atomic E-state index is 11.5. The van der Waals surface area contributed by atoms with Crippen LogP contribution in [0.3, 0.4) is 0 Å². The molecule has 1 aliphatic heterocycles. The molecule has 1 heterocycles. The Morgan fingerprint density at radius 1 is 1.35 bits per heavy atom.